The Kier molecular flexibility index (Phi) is 8.92. The summed E-state index contributed by atoms with van der Waals surface area (Å²) in [6.45, 7) is 0.873. The molecule has 2 atom stereocenters. The van der Waals surface area contributed by atoms with Crippen molar-refractivity contribution in [3.8, 4) is 23.7 Å². The fraction of sp³-hybridized carbons (Fsp3) is 0.217. The Bertz CT molecular complexity index is 1300. The molecule has 0 radical (unpaired) electrons. The van der Waals surface area contributed by atoms with Crippen molar-refractivity contribution in [2.75, 3.05) is 11.0 Å². The Labute approximate surface area is 201 Å². The first-order valence-electron chi connectivity index (χ1n) is 9.85. The minimum absolute atomic E-state index is 0.0465. The Hall–Kier alpha value is -3.97. The number of carbonyl (C=O) groups is 2. The highest BCUT2D eigenvalue weighted by atomic mass is 32.2. The molecule has 35 heavy (non-hydrogen) atoms. The van der Waals surface area contributed by atoms with Crippen molar-refractivity contribution in [2.45, 2.75) is 24.9 Å². The number of hydroxylamine groups is 1. The number of anilines is 1. The van der Waals surface area contributed by atoms with Gasteiger partial charge in [-0.05, 0) is 67.3 Å². The van der Waals surface area contributed by atoms with Gasteiger partial charge in [0.15, 0.2) is 0 Å². The van der Waals surface area contributed by atoms with Gasteiger partial charge in [-0.15, -0.1) is 0 Å². The summed E-state index contributed by atoms with van der Waals surface area (Å²) in [6, 6.07) is 10.2. The van der Waals surface area contributed by atoms with Crippen molar-refractivity contribution in [1.29, 1.82) is 0 Å². The van der Waals surface area contributed by atoms with Gasteiger partial charge in [0.05, 0.1) is 6.26 Å². The number of hydrogen-bond donors (Lipinski definition) is 5. The molecule has 2 aromatic carbocycles. The molecule has 0 aromatic heterocycles. The molecule has 0 bridgehead atoms. The second-order valence-corrected chi connectivity index (χ2v) is 9.33. The number of nitrogens with two attached hydrogens (primary N) is 1. The van der Waals surface area contributed by atoms with E-state index in [4.69, 9.17) is 10.9 Å². The third-order valence-electron chi connectivity index (χ3n) is 4.55. The maximum absolute atomic E-state index is 13.2. The van der Waals surface area contributed by atoms with Crippen LogP contribution in [-0.4, -0.2) is 49.7 Å². The quantitative estimate of drug-likeness (QED) is 0.216. The number of sulfonamides is 1. The lowest BCUT2D eigenvalue weighted by Crippen LogP contribution is -2.66. The maximum atomic E-state index is 13.2. The van der Waals surface area contributed by atoms with Gasteiger partial charge in [0, 0.05) is 22.4 Å². The van der Waals surface area contributed by atoms with Gasteiger partial charge in [-0.2, -0.15) is 0 Å². The molecule has 0 aliphatic rings. The summed E-state index contributed by atoms with van der Waals surface area (Å²) in [7, 11) is -3.37. The van der Waals surface area contributed by atoms with Crippen LogP contribution in [0.4, 0.5) is 14.5 Å². The summed E-state index contributed by atoms with van der Waals surface area (Å²) < 4.78 is 51.2. The zero-order valence-corrected chi connectivity index (χ0v) is 19.4. The number of benzene rings is 2. The monoisotopic (exact) mass is 504 g/mol. The molecular weight excluding hydrogens is 482 g/mol. The van der Waals surface area contributed by atoms with E-state index in [2.05, 4.69) is 33.7 Å². The molecule has 2 aromatic rings. The summed E-state index contributed by atoms with van der Waals surface area (Å²) in [5.74, 6) is 8.70. The number of hydrogen-bond acceptors (Lipinski definition) is 6. The van der Waals surface area contributed by atoms with E-state index in [1.54, 1.807) is 24.3 Å². The molecular formula is C23H22F2N4O5S. The highest BCUT2D eigenvalue weighted by Crippen LogP contribution is 2.18. The minimum atomic E-state index is -3.37. The molecule has 2 unspecified atom stereocenters. The van der Waals surface area contributed by atoms with Gasteiger partial charge >= 0.3 is 0 Å². The second kappa shape index (κ2) is 11.4. The number of nitrogens with one attached hydrogen (secondary N) is 3. The summed E-state index contributed by atoms with van der Waals surface area (Å²) in [5, 5.41) is 10.9. The average molecular weight is 505 g/mol. The molecule has 0 spiro atoms. The number of halogens is 2. The van der Waals surface area contributed by atoms with Gasteiger partial charge < -0.3 is 11.1 Å². The average Bonchev–Trinajstić information content (AvgIpc) is 2.79. The largest absolute Gasteiger partial charge is 0.338 e. The third-order valence-corrected chi connectivity index (χ3v) is 5.16. The predicted molar refractivity (Wildman–Crippen MR) is 125 cm³/mol. The van der Waals surface area contributed by atoms with E-state index in [1.807, 2.05) is 0 Å². The van der Waals surface area contributed by atoms with Gasteiger partial charge in [0.1, 0.15) is 11.6 Å². The Morgan fingerprint density at radius 1 is 1.00 bits per heavy atom. The lowest BCUT2D eigenvalue weighted by atomic mass is 9.92. The molecule has 2 amide bonds. The van der Waals surface area contributed by atoms with E-state index in [9.17, 15) is 26.8 Å². The van der Waals surface area contributed by atoms with Gasteiger partial charge in [0.2, 0.25) is 10.0 Å². The molecule has 0 aliphatic carbocycles. The Morgan fingerprint density at radius 3 is 1.91 bits per heavy atom. The van der Waals surface area contributed by atoms with Crippen LogP contribution in [0, 0.1) is 23.7 Å². The van der Waals surface area contributed by atoms with Gasteiger partial charge in [-0.3, -0.25) is 19.5 Å². The van der Waals surface area contributed by atoms with Crippen molar-refractivity contribution in [1.82, 2.24) is 10.8 Å². The first kappa shape index (κ1) is 27.3. The van der Waals surface area contributed by atoms with Crippen LogP contribution in [0.15, 0.2) is 48.5 Å². The third kappa shape index (κ3) is 8.08. The Balaban J connectivity index is 2.07. The van der Waals surface area contributed by atoms with E-state index >= 15 is 0 Å². The molecule has 6 N–H and O–H groups in total. The van der Waals surface area contributed by atoms with Gasteiger partial charge in [0.25, 0.3) is 18.2 Å². The summed E-state index contributed by atoms with van der Waals surface area (Å²) >= 11 is 0. The van der Waals surface area contributed by atoms with Crippen LogP contribution in [0.1, 0.15) is 28.4 Å². The van der Waals surface area contributed by atoms with Crippen molar-refractivity contribution >= 4 is 27.5 Å². The van der Waals surface area contributed by atoms with Crippen molar-refractivity contribution < 1.29 is 32.0 Å². The molecule has 0 aliphatic heterocycles. The molecule has 12 heteroatoms. The van der Waals surface area contributed by atoms with Crippen molar-refractivity contribution in [2.24, 2.45) is 5.73 Å². The topological polar surface area (TPSA) is 151 Å². The van der Waals surface area contributed by atoms with Crippen molar-refractivity contribution in [3.05, 3.63) is 65.2 Å². The van der Waals surface area contributed by atoms with Crippen molar-refractivity contribution in [3.63, 3.8) is 0 Å². The second-order valence-electron chi connectivity index (χ2n) is 7.58. The first-order valence-corrected chi connectivity index (χ1v) is 11.7. The number of carbonyl (C=O) groups excluding carboxylic acids is 2. The molecule has 0 heterocycles. The Morgan fingerprint density at radius 2 is 1.49 bits per heavy atom. The van der Waals surface area contributed by atoms with E-state index in [0.29, 0.717) is 16.8 Å². The number of rotatable bonds is 7. The molecule has 0 saturated carbocycles. The van der Waals surface area contributed by atoms with E-state index in [1.165, 1.54) is 29.7 Å². The summed E-state index contributed by atoms with van der Waals surface area (Å²) in [4.78, 5) is 24.2. The lowest BCUT2D eigenvalue weighted by molar-refractivity contribution is -0.134. The van der Waals surface area contributed by atoms with Crippen LogP contribution >= 0.6 is 0 Å². The SMILES string of the molecule is CC(N)(C(F)F)C(NC(=O)c1ccc(C#CC#Cc2ccc(NS(C)(=O)=O)cc2)cc1)C(=O)NO. The highest BCUT2D eigenvalue weighted by molar-refractivity contribution is 7.92. The van der Waals surface area contributed by atoms with E-state index < -0.39 is 39.8 Å². The van der Waals surface area contributed by atoms with Crippen LogP contribution in [-0.2, 0) is 14.8 Å². The predicted octanol–water partition coefficient (Wildman–Crippen LogP) is 1.05. The maximum Gasteiger partial charge on any atom is 0.268 e. The van der Waals surface area contributed by atoms with Gasteiger partial charge in [-0.1, -0.05) is 11.8 Å². The summed E-state index contributed by atoms with van der Waals surface area (Å²) in [5.41, 5.74) is 5.83. The normalized spacial score (nSPS) is 13.2. The van der Waals surface area contributed by atoms with Crippen LogP contribution in [0.3, 0.4) is 0 Å². The van der Waals surface area contributed by atoms with Gasteiger partial charge in [-0.25, -0.2) is 22.7 Å². The number of amides is 2. The number of alkyl halides is 2. The molecule has 0 fully saturated rings. The summed E-state index contributed by atoms with van der Waals surface area (Å²) in [6.07, 6.45) is -2.11. The zero-order chi connectivity index (χ0) is 26.2. The standard InChI is InChI=1S/C23H22F2N4O5S/c1-23(26,22(24)25)19(21(31)28-32)27-20(30)17-11-7-15(8-12-17)5-3-4-6-16-9-13-18(14-10-16)29-35(2,33)34/h7-14,19,22,29,32H,26H2,1-2H3,(H,27,30)(H,28,31). The molecule has 2 rings (SSSR count). The van der Waals surface area contributed by atoms with Crippen LogP contribution in [0.2, 0.25) is 0 Å². The lowest BCUT2D eigenvalue weighted by Gasteiger charge is -2.32. The molecule has 0 saturated heterocycles. The highest BCUT2D eigenvalue weighted by Gasteiger charge is 2.44. The first-order chi connectivity index (χ1) is 16.3. The zero-order valence-electron chi connectivity index (χ0n) is 18.6. The van der Waals surface area contributed by atoms with Crippen LogP contribution < -0.4 is 21.3 Å². The minimum Gasteiger partial charge on any atom is -0.338 e. The van der Waals surface area contributed by atoms with E-state index in [0.717, 1.165) is 13.2 Å². The van der Waals surface area contributed by atoms with E-state index in [-0.39, 0.29) is 5.56 Å². The fourth-order valence-electron chi connectivity index (χ4n) is 2.66. The molecule has 184 valence electrons. The molecule has 9 nitrogen and oxygen atoms in total. The fourth-order valence-corrected chi connectivity index (χ4v) is 3.22. The smallest absolute Gasteiger partial charge is 0.268 e. The van der Waals surface area contributed by atoms with Crippen LogP contribution in [0.5, 0.6) is 0 Å². The van der Waals surface area contributed by atoms with Crippen LogP contribution in [0.25, 0.3) is 0 Å².